The molecule has 0 N–H and O–H groups in total. The second kappa shape index (κ2) is 7.25. The smallest absolute Gasteiger partial charge is 0.254 e. The average molecular weight is 327 g/mol. The summed E-state index contributed by atoms with van der Waals surface area (Å²) in [6, 6.07) is 7.15. The SMILES string of the molecule is CN(C)c1ccc(OC2CCCN(C(=O)c3ccncc3)C2)nn1. The van der Waals surface area contributed by atoms with Gasteiger partial charge in [-0.15, -0.1) is 10.2 Å². The van der Waals surface area contributed by atoms with Crippen LogP contribution in [0.15, 0.2) is 36.7 Å². The Morgan fingerprint density at radius 3 is 2.67 bits per heavy atom. The standard InChI is InChI=1S/C17H21N5O2/c1-21(2)15-5-6-16(20-19-15)24-14-4-3-11-22(12-14)17(23)13-7-9-18-10-8-13/h5-10,14H,3-4,11-12H2,1-2H3. The Morgan fingerprint density at radius 1 is 1.21 bits per heavy atom. The van der Waals surface area contributed by atoms with Gasteiger partial charge in [-0.05, 0) is 31.0 Å². The summed E-state index contributed by atoms with van der Waals surface area (Å²) in [5, 5.41) is 8.21. The van der Waals surface area contributed by atoms with Gasteiger partial charge in [0.1, 0.15) is 6.10 Å². The predicted molar refractivity (Wildman–Crippen MR) is 90.1 cm³/mol. The number of aromatic nitrogens is 3. The number of hydrogen-bond acceptors (Lipinski definition) is 6. The highest BCUT2D eigenvalue weighted by molar-refractivity contribution is 5.94. The first-order valence-electron chi connectivity index (χ1n) is 8.00. The number of rotatable bonds is 4. The first-order chi connectivity index (χ1) is 11.6. The van der Waals surface area contributed by atoms with Gasteiger partial charge in [0.25, 0.3) is 5.91 Å². The Morgan fingerprint density at radius 2 is 2.00 bits per heavy atom. The molecular weight excluding hydrogens is 306 g/mol. The van der Waals surface area contributed by atoms with Crippen LogP contribution in [0.3, 0.4) is 0 Å². The molecule has 1 aliphatic heterocycles. The van der Waals surface area contributed by atoms with Gasteiger partial charge in [0.2, 0.25) is 5.88 Å². The molecular formula is C17H21N5O2. The van der Waals surface area contributed by atoms with Crippen molar-refractivity contribution in [2.75, 3.05) is 32.1 Å². The van der Waals surface area contributed by atoms with Crippen molar-refractivity contribution in [1.82, 2.24) is 20.1 Å². The maximum atomic E-state index is 12.5. The van der Waals surface area contributed by atoms with Gasteiger partial charge in [0.05, 0.1) is 6.54 Å². The average Bonchev–Trinajstić information content (AvgIpc) is 2.62. The van der Waals surface area contributed by atoms with Crippen LogP contribution >= 0.6 is 0 Å². The molecule has 0 aromatic carbocycles. The third kappa shape index (κ3) is 3.79. The molecule has 1 saturated heterocycles. The highest BCUT2D eigenvalue weighted by atomic mass is 16.5. The van der Waals surface area contributed by atoms with Crippen molar-refractivity contribution in [1.29, 1.82) is 0 Å². The molecule has 126 valence electrons. The second-order valence-corrected chi connectivity index (χ2v) is 5.99. The van der Waals surface area contributed by atoms with Crippen molar-refractivity contribution < 1.29 is 9.53 Å². The van der Waals surface area contributed by atoms with Crippen LogP contribution in [0.5, 0.6) is 5.88 Å². The van der Waals surface area contributed by atoms with Crippen molar-refractivity contribution in [2.45, 2.75) is 18.9 Å². The number of anilines is 1. The van der Waals surface area contributed by atoms with Crippen molar-refractivity contribution >= 4 is 11.7 Å². The fraction of sp³-hybridized carbons (Fsp3) is 0.412. The van der Waals surface area contributed by atoms with Crippen LogP contribution < -0.4 is 9.64 Å². The molecule has 2 aromatic rings. The lowest BCUT2D eigenvalue weighted by molar-refractivity contribution is 0.0525. The number of likely N-dealkylation sites (tertiary alicyclic amines) is 1. The van der Waals surface area contributed by atoms with Crippen LogP contribution in [-0.2, 0) is 0 Å². The number of piperidine rings is 1. The number of hydrogen-bond donors (Lipinski definition) is 0. The molecule has 7 heteroatoms. The number of pyridine rings is 1. The molecule has 1 amide bonds. The van der Waals surface area contributed by atoms with Gasteiger partial charge in [-0.2, -0.15) is 0 Å². The number of carbonyl (C=O) groups is 1. The molecule has 0 aliphatic carbocycles. The van der Waals surface area contributed by atoms with Crippen LogP contribution in [0.2, 0.25) is 0 Å². The molecule has 3 heterocycles. The van der Waals surface area contributed by atoms with E-state index in [4.69, 9.17) is 4.74 Å². The minimum Gasteiger partial charge on any atom is -0.471 e. The number of ether oxygens (including phenoxy) is 1. The topological polar surface area (TPSA) is 71.5 Å². The van der Waals surface area contributed by atoms with Gasteiger partial charge < -0.3 is 14.5 Å². The number of carbonyl (C=O) groups excluding carboxylic acids is 1. The Balaban J connectivity index is 1.62. The van der Waals surface area contributed by atoms with Gasteiger partial charge in [-0.3, -0.25) is 9.78 Å². The molecule has 1 aliphatic rings. The predicted octanol–water partition coefficient (Wildman–Crippen LogP) is 1.62. The molecule has 2 aromatic heterocycles. The van der Waals surface area contributed by atoms with E-state index >= 15 is 0 Å². The normalized spacial score (nSPS) is 17.4. The van der Waals surface area contributed by atoms with Crippen LogP contribution in [0.25, 0.3) is 0 Å². The van der Waals surface area contributed by atoms with E-state index in [9.17, 15) is 4.79 Å². The number of nitrogens with zero attached hydrogens (tertiary/aromatic N) is 5. The molecule has 1 atom stereocenters. The summed E-state index contributed by atoms with van der Waals surface area (Å²) >= 11 is 0. The lowest BCUT2D eigenvalue weighted by Crippen LogP contribution is -2.44. The van der Waals surface area contributed by atoms with Crippen LogP contribution in [0.1, 0.15) is 23.2 Å². The zero-order chi connectivity index (χ0) is 16.9. The summed E-state index contributed by atoms with van der Waals surface area (Å²) in [5.74, 6) is 1.28. The minimum atomic E-state index is -0.0657. The lowest BCUT2D eigenvalue weighted by Gasteiger charge is -2.32. The monoisotopic (exact) mass is 327 g/mol. The molecule has 0 bridgehead atoms. The number of amides is 1. The van der Waals surface area contributed by atoms with Crippen molar-refractivity contribution in [3.05, 3.63) is 42.2 Å². The maximum absolute atomic E-state index is 12.5. The van der Waals surface area contributed by atoms with E-state index in [1.165, 1.54) is 0 Å². The molecule has 0 saturated carbocycles. The fourth-order valence-corrected chi connectivity index (χ4v) is 2.68. The summed E-state index contributed by atoms with van der Waals surface area (Å²) < 4.78 is 5.91. The van der Waals surface area contributed by atoms with E-state index in [-0.39, 0.29) is 12.0 Å². The van der Waals surface area contributed by atoms with Crippen LogP contribution in [0, 0.1) is 0 Å². The van der Waals surface area contributed by atoms with E-state index in [1.807, 2.05) is 36.0 Å². The summed E-state index contributed by atoms with van der Waals surface area (Å²) in [6.07, 6.45) is 5.01. The van der Waals surface area contributed by atoms with E-state index in [0.717, 1.165) is 25.2 Å². The minimum absolute atomic E-state index is 0.0136. The highest BCUT2D eigenvalue weighted by Gasteiger charge is 2.26. The van der Waals surface area contributed by atoms with Crippen LogP contribution in [0.4, 0.5) is 5.82 Å². The molecule has 1 fully saturated rings. The van der Waals surface area contributed by atoms with Gasteiger partial charge >= 0.3 is 0 Å². The zero-order valence-electron chi connectivity index (χ0n) is 13.9. The third-order valence-corrected chi connectivity index (χ3v) is 3.96. The summed E-state index contributed by atoms with van der Waals surface area (Å²) in [4.78, 5) is 20.2. The van der Waals surface area contributed by atoms with Crippen molar-refractivity contribution in [3.8, 4) is 5.88 Å². The maximum Gasteiger partial charge on any atom is 0.254 e. The fourth-order valence-electron chi connectivity index (χ4n) is 2.68. The molecule has 1 unspecified atom stereocenters. The Kier molecular flexibility index (Phi) is 4.88. The summed E-state index contributed by atoms with van der Waals surface area (Å²) in [6.45, 7) is 1.30. The van der Waals surface area contributed by atoms with E-state index in [1.54, 1.807) is 24.5 Å². The van der Waals surface area contributed by atoms with E-state index in [0.29, 0.717) is 18.0 Å². The second-order valence-electron chi connectivity index (χ2n) is 5.99. The molecule has 7 nitrogen and oxygen atoms in total. The van der Waals surface area contributed by atoms with Gasteiger partial charge in [0, 0.05) is 44.7 Å². The Labute approximate surface area is 141 Å². The zero-order valence-corrected chi connectivity index (χ0v) is 13.9. The highest BCUT2D eigenvalue weighted by Crippen LogP contribution is 2.19. The largest absolute Gasteiger partial charge is 0.471 e. The van der Waals surface area contributed by atoms with E-state index < -0.39 is 0 Å². The summed E-state index contributed by atoms with van der Waals surface area (Å²) in [7, 11) is 3.82. The first-order valence-corrected chi connectivity index (χ1v) is 8.00. The first kappa shape index (κ1) is 16.2. The Hall–Kier alpha value is -2.70. The molecule has 24 heavy (non-hydrogen) atoms. The molecule has 3 rings (SSSR count). The van der Waals surface area contributed by atoms with Crippen molar-refractivity contribution in [3.63, 3.8) is 0 Å². The van der Waals surface area contributed by atoms with Crippen LogP contribution in [-0.4, -0.2) is 59.3 Å². The third-order valence-electron chi connectivity index (χ3n) is 3.96. The van der Waals surface area contributed by atoms with Gasteiger partial charge in [-0.1, -0.05) is 0 Å². The van der Waals surface area contributed by atoms with Gasteiger partial charge in [0.15, 0.2) is 5.82 Å². The molecule has 0 radical (unpaired) electrons. The lowest BCUT2D eigenvalue weighted by atomic mass is 10.1. The quantitative estimate of drug-likeness (QED) is 0.850. The summed E-state index contributed by atoms with van der Waals surface area (Å²) in [5.41, 5.74) is 0.653. The van der Waals surface area contributed by atoms with Gasteiger partial charge in [-0.25, -0.2) is 0 Å². The van der Waals surface area contributed by atoms with Crippen molar-refractivity contribution in [2.24, 2.45) is 0 Å². The Bertz CT molecular complexity index is 675. The molecule has 0 spiro atoms. The van der Waals surface area contributed by atoms with E-state index in [2.05, 4.69) is 15.2 Å².